The highest BCUT2D eigenvalue weighted by molar-refractivity contribution is 5.82. The molecule has 1 saturated carbocycles. The van der Waals surface area contributed by atoms with Gasteiger partial charge >= 0.3 is 5.97 Å². The summed E-state index contributed by atoms with van der Waals surface area (Å²) in [5, 5.41) is 10.5. The molecule has 0 aromatic heterocycles. The number of methoxy groups -OCH3 is 3. The van der Waals surface area contributed by atoms with Gasteiger partial charge in [-0.1, -0.05) is 0 Å². The second kappa shape index (κ2) is 5.57. The Kier molecular flexibility index (Phi) is 4.62. The number of carbonyl (C=O) groups is 2. The molecule has 1 aliphatic carbocycles. The van der Waals surface area contributed by atoms with E-state index in [4.69, 9.17) is 9.47 Å². The second-order valence-corrected chi connectivity index (χ2v) is 4.14. The van der Waals surface area contributed by atoms with Crippen molar-refractivity contribution in [1.29, 1.82) is 0 Å². The van der Waals surface area contributed by atoms with Crippen molar-refractivity contribution in [2.45, 2.75) is 37.1 Å². The molecular weight excluding hydrogens is 228 g/mol. The molecule has 0 aromatic rings. The molecule has 0 bridgehead atoms. The maximum Gasteiger partial charge on any atom is 0.308 e. The molecule has 0 spiro atoms. The number of hydrogen-bond acceptors (Lipinski definition) is 6. The van der Waals surface area contributed by atoms with E-state index < -0.39 is 23.8 Å². The molecule has 1 aliphatic rings. The van der Waals surface area contributed by atoms with Gasteiger partial charge in [0.05, 0.1) is 25.7 Å². The maximum atomic E-state index is 11.5. The van der Waals surface area contributed by atoms with Gasteiger partial charge in [-0.2, -0.15) is 0 Å². The molecule has 0 unspecified atom stereocenters. The van der Waals surface area contributed by atoms with Gasteiger partial charge in [0.15, 0.2) is 0 Å². The zero-order valence-electron chi connectivity index (χ0n) is 10.3. The van der Waals surface area contributed by atoms with Gasteiger partial charge in [0, 0.05) is 27.1 Å². The molecule has 6 heteroatoms. The summed E-state index contributed by atoms with van der Waals surface area (Å²) in [6.45, 7) is 0. The largest absolute Gasteiger partial charge is 0.469 e. The van der Waals surface area contributed by atoms with E-state index in [-0.39, 0.29) is 25.0 Å². The number of aliphatic hydroxyl groups is 1. The van der Waals surface area contributed by atoms with E-state index in [9.17, 15) is 14.7 Å². The Labute approximate surface area is 99.8 Å². The summed E-state index contributed by atoms with van der Waals surface area (Å²) in [6.07, 6.45) is -1.62. The lowest BCUT2D eigenvalue weighted by Gasteiger charge is -2.42. The average Bonchev–Trinajstić information content (AvgIpc) is 2.31. The maximum absolute atomic E-state index is 11.5. The predicted octanol–water partition coefficient (Wildman–Crippen LogP) is -0.326. The third kappa shape index (κ3) is 2.83. The van der Waals surface area contributed by atoms with Gasteiger partial charge in [0.25, 0.3) is 0 Å². The number of ketones is 1. The third-order valence-electron chi connectivity index (χ3n) is 3.17. The summed E-state index contributed by atoms with van der Waals surface area (Å²) in [7, 11) is 4.01. The molecule has 17 heavy (non-hydrogen) atoms. The van der Waals surface area contributed by atoms with E-state index >= 15 is 0 Å². The van der Waals surface area contributed by atoms with Crippen molar-refractivity contribution in [3.63, 3.8) is 0 Å². The summed E-state index contributed by atoms with van der Waals surface area (Å²) < 4.78 is 14.7. The van der Waals surface area contributed by atoms with Crippen LogP contribution in [0.25, 0.3) is 0 Å². The first kappa shape index (κ1) is 14.1. The zero-order valence-corrected chi connectivity index (χ0v) is 10.3. The molecule has 6 nitrogen and oxygen atoms in total. The van der Waals surface area contributed by atoms with Crippen LogP contribution in [0.2, 0.25) is 0 Å². The number of Topliss-reactive ketones (excluding diaryl/α,β-unsaturated/α-hetero) is 1. The fraction of sp³-hybridized carbons (Fsp3) is 0.818. The highest BCUT2D eigenvalue weighted by atomic mass is 16.5. The molecule has 98 valence electrons. The van der Waals surface area contributed by atoms with Crippen LogP contribution in [0.3, 0.4) is 0 Å². The topological polar surface area (TPSA) is 82.1 Å². The van der Waals surface area contributed by atoms with E-state index in [1.807, 2.05) is 0 Å². The minimum absolute atomic E-state index is 0.0572. The summed E-state index contributed by atoms with van der Waals surface area (Å²) in [5.41, 5.74) is -1.52. The van der Waals surface area contributed by atoms with Gasteiger partial charge in [0.1, 0.15) is 11.4 Å². The van der Waals surface area contributed by atoms with Gasteiger partial charge in [0.2, 0.25) is 0 Å². The third-order valence-corrected chi connectivity index (χ3v) is 3.17. The Morgan fingerprint density at radius 1 is 1.29 bits per heavy atom. The molecule has 1 rings (SSSR count). The molecular formula is C11H18O6. The molecule has 0 aliphatic heterocycles. The molecule has 0 amide bonds. The second-order valence-electron chi connectivity index (χ2n) is 4.14. The van der Waals surface area contributed by atoms with Crippen LogP contribution in [-0.2, 0) is 23.8 Å². The van der Waals surface area contributed by atoms with Crippen molar-refractivity contribution in [2.75, 3.05) is 21.3 Å². The van der Waals surface area contributed by atoms with Crippen molar-refractivity contribution in [3.8, 4) is 0 Å². The number of ether oxygens (including phenoxy) is 3. The SMILES string of the molecule is COC(=O)CC1(O)[C@H](OC)CC(=O)C[C@H]1OC. The van der Waals surface area contributed by atoms with Gasteiger partial charge in [-0.15, -0.1) is 0 Å². The van der Waals surface area contributed by atoms with Crippen LogP contribution >= 0.6 is 0 Å². The van der Waals surface area contributed by atoms with Crippen LogP contribution < -0.4 is 0 Å². The van der Waals surface area contributed by atoms with Crippen LogP contribution in [0, 0.1) is 0 Å². The summed E-state index contributed by atoms with van der Waals surface area (Å²) in [5.74, 6) is -0.621. The van der Waals surface area contributed by atoms with Crippen LogP contribution in [0.4, 0.5) is 0 Å². The molecule has 0 aromatic carbocycles. The Morgan fingerprint density at radius 3 is 2.12 bits per heavy atom. The van der Waals surface area contributed by atoms with Crippen molar-refractivity contribution in [3.05, 3.63) is 0 Å². The smallest absolute Gasteiger partial charge is 0.308 e. The lowest BCUT2D eigenvalue weighted by molar-refractivity contribution is -0.198. The summed E-state index contributed by atoms with van der Waals surface area (Å²) in [4.78, 5) is 22.8. The average molecular weight is 246 g/mol. The van der Waals surface area contributed by atoms with Crippen LogP contribution in [0.15, 0.2) is 0 Å². The fourth-order valence-electron chi connectivity index (χ4n) is 2.16. The summed E-state index contributed by atoms with van der Waals surface area (Å²) >= 11 is 0. The van der Waals surface area contributed by atoms with Crippen LogP contribution in [-0.4, -0.2) is 56.0 Å². The normalized spacial score (nSPS) is 27.9. The Bertz CT molecular complexity index is 284. The minimum Gasteiger partial charge on any atom is -0.469 e. The summed E-state index contributed by atoms with van der Waals surface area (Å²) in [6, 6.07) is 0. The number of carbonyl (C=O) groups excluding carboxylic acids is 2. The van der Waals surface area contributed by atoms with Gasteiger partial charge < -0.3 is 19.3 Å². The Hall–Kier alpha value is -0.980. The first-order valence-electron chi connectivity index (χ1n) is 5.34. The minimum atomic E-state index is -1.52. The molecule has 0 heterocycles. The highest BCUT2D eigenvalue weighted by Gasteiger charge is 2.51. The molecule has 2 atom stereocenters. The quantitative estimate of drug-likeness (QED) is 0.684. The van der Waals surface area contributed by atoms with E-state index in [2.05, 4.69) is 4.74 Å². The Morgan fingerprint density at radius 2 is 1.76 bits per heavy atom. The van der Waals surface area contributed by atoms with Crippen LogP contribution in [0.1, 0.15) is 19.3 Å². The van der Waals surface area contributed by atoms with Gasteiger partial charge in [-0.25, -0.2) is 0 Å². The Balaban J connectivity index is 2.94. The highest BCUT2D eigenvalue weighted by Crippen LogP contribution is 2.34. The molecule has 0 saturated heterocycles. The first-order chi connectivity index (χ1) is 7.97. The van der Waals surface area contributed by atoms with Crippen molar-refractivity contribution in [1.82, 2.24) is 0 Å². The lowest BCUT2D eigenvalue weighted by Crippen LogP contribution is -2.59. The number of rotatable bonds is 4. The van der Waals surface area contributed by atoms with E-state index in [0.29, 0.717) is 0 Å². The molecule has 1 N–H and O–H groups in total. The zero-order chi connectivity index (χ0) is 13.1. The first-order valence-corrected chi connectivity index (χ1v) is 5.34. The predicted molar refractivity (Wildman–Crippen MR) is 57.4 cm³/mol. The standard InChI is InChI=1S/C11H18O6/c1-15-8-4-7(12)5-9(16-2)11(8,14)6-10(13)17-3/h8-9,14H,4-6H2,1-3H3/t8-,9-/m1/s1. The van der Waals surface area contributed by atoms with E-state index in [1.165, 1.54) is 21.3 Å². The van der Waals surface area contributed by atoms with E-state index in [1.54, 1.807) is 0 Å². The molecule has 1 fully saturated rings. The van der Waals surface area contributed by atoms with Crippen LogP contribution in [0.5, 0.6) is 0 Å². The fourth-order valence-corrected chi connectivity index (χ4v) is 2.16. The number of hydrogen-bond donors (Lipinski definition) is 1. The van der Waals surface area contributed by atoms with Crippen molar-refractivity contribution >= 4 is 11.8 Å². The molecule has 0 radical (unpaired) electrons. The number of esters is 1. The van der Waals surface area contributed by atoms with Gasteiger partial charge in [-0.3, -0.25) is 9.59 Å². The lowest BCUT2D eigenvalue weighted by atomic mass is 9.76. The van der Waals surface area contributed by atoms with Crippen molar-refractivity contribution in [2.24, 2.45) is 0 Å². The monoisotopic (exact) mass is 246 g/mol. The van der Waals surface area contributed by atoms with E-state index in [0.717, 1.165) is 0 Å². The van der Waals surface area contributed by atoms with Crippen molar-refractivity contribution < 1.29 is 28.9 Å². The van der Waals surface area contributed by atoms with Gasteiger partial charge in [-0.05, 0) is 0 Å².